The lowest BCUT2D eigenvalue weighted by Gasteiger charge is -2.21. The second-order valence-electron chi connectivity index (χ2n) is 5.16. The monoisotopic (exact) mass is 272 g/mol. The molecule has 1 unspecified atom stereocenters. The number of aryl methyl sites for hydroxylation is 1. The van der Waals surface area contributed by atoms with Crippen molar-refractivity contribution < 1.29 is 15.0 Å². The van der Waals surface area contributed by atoms with E-state index < -0.39 is 11.9 Å². The molecular weight excluding hydrogens is 256 g/mol. The molecular formula is C15H16N2O3. The van der Waals surface area contributed by atoms with Crippen molar-refractivity contribution in [2.45, 2.75) is 32.1 Å². The van der Waals surface area contributed by atoms with E-state index in [1.165, 1.54) is 0 Å². The molecule has 0 fully saturated rings. The Morgan fingerprint density at radius 1 is 1.35 bits per heavy atom. The lowest BCUT2D eigenvalue weighted by molar-refractivity contribution is -0.139. The van der Waals surface area contributed by atoms with Gasteiger partial charge in [0.25, 0.3) is 0 Å². The predicted molar refractivity (Wildman–Crippen MR) is 73.3 cm³/mol. The first-order valence-electron chi connectivity index (χ1n) is 6.68. The van der Waals surface area contributed by atoms with Gasteiger partial charge in [-0.3, -0.25) is 4.79 Å². The smallest absolute Gasteiger partial charge is 0.312 e. The average Bonchev–Trinajstić information content (AvgIpc) is 2.77. The van der Waals surface area contributed by atoms with Crippen LogP contribution in [0.25, 0.3) is 5.69 Å². The van der Waals surface area contributed by atoms with Crippen LogP contribution in [0.2, 0.25) is 0 Å². The summed E-state index contributed by atoms with van der Waals surface area (Å²) in [6.45, 7) is 1.92. The summed E-state index contributed by atoms with van der Waals surface area (Å²) < 4.78 is 1.71. The van der Waals surface area contributed by atoms with Crippen molar-refractivity contribution in [1.29, 1.82) is 0 Å². The Balaban J connectivity index is 2.17. The van der Waals surface area contributed by atoms with Crippen LogP contribution in [-0.2, 0) is 11.2 Å². The Morgan fingerprint density at radius 3 is 2.70 bits per heavy atom. The fourth-order valence-corrected chi connectivity index (χ4v) is 2.90. The molecule has 1 aliphatic rings. The Morgan fingerprint density at radius 2 is 2.05 bits per heavy atom. The van der Waals surface area contributed by atoms with E-state index >= 15 is 0 Å². The zero-order valence-electron chi connectivity index (χ0n) is 11.2. The number of benzene rings is 1. The number of aromatic nitrogens is 2. The maximum Gasteiger partial charge on any atom is 0.312 e. The molecule has 0 amide bonds. The van der Waals surface area contributed by atoms with Crippen LogP contribution < -0.4 is 0 Å². The topological polar surface area (TPSA) is 75.3 Å². The first-order valence-corrected chi connectivity index (χ1v) is 6.68. The lowest BCUT2D eigenvalue weighted by atomic mass is 9.86. The largest absolute Gasteiger partial charge is 0.508 e. The SMILES string of the molecule is Cc1nn(-c2ccc(O)cc2)c2c1CCCC2C(=O)O. The van der Waals surface area contributed by atoms with Crippen molar-refractivity contribution in [1.82, 2.24) is 9.78 Å². The summed E-state index contributed by atoms with van der Waals surface area (Å²) in [5, 5.41) is 23.3. The molecule has 3 rings (SSSR count). The molecule has 1 aliphatic carbocycles. The third kappa shape index (κ3) is 1.95. The molecule has 0 radical (unpaired) electrons. The van der Waals surface area contributed by atoms with E-state index in [1.807, 2.05) is 6.92 Å². The maximum atomic E-state index is 11.5. The number of phenolic OH excluding ortho intramolecular Hbond substituents is 1. The molecule has 0 spiro atoms. The summed E-state index contributed by atoms with van der Waals surface area (Å²) in [6.07, 6.45) is 2.40. The molecule has 2 aromatic rings. The third-order valence-electron chi connectivity index (χ3n) is 3.87. The van der Waals surface area contributed by atoms with Gasteiger partial charge in [-0.1, -0.05) is 0 Å². The molecule has 104 valence electrons. The minimum absolute atomic E-state index is 0.182. The van der Waals surface area contributed by atoms with Crippen LogP contribution in [0.15, 0.2) is 24.3 Å². The van der Waals surface area contributed by atoms with Gasteiger partial charge in [0.05, 0.1) is 23.0 Å². The van der Waals surface area contributed by atoms with Crippen LogP contribution in [0.1, 0.15) is 35.7 Å². The van der Waals surface area contributed by atoms with E-state index in [9.17, 15) is 15.0 Å². The summed E-state index contributed by atoms with van der Waals surface area (Å²) in [5.41, 5.74) is 3.50. The summed E-state index contributed by atoms with van der Waals surface area (Å²) in [4.78, 5) is 11.5. The van der Waals surface area contributed by atoms with E-state index in [-0.39, 0.29) is 5.75 Å². The zero-order chi connectivity index (χ0) is 14.3. The number of aromatic hydroxyl groups is 1. The number of phenols is 1. The third-order valence-corrected chi connectivity index (χ3v) is 3.87. The van der Waals surface area contributed by atoms with Gasteiger partial charge < -0.3 is 10.2 Å². The van der Waals surface area contributed by atoms with Gasteiger partial charge in [-0.05, 0) is 56.0 Å². The number of aliphatic carboxylic acids is 1. The standard InChI is InChI=1S/C15H16N2O3/c1-9-12-3-2-4-13(15(19)20)14(12)17(16-9)10-5-7-11(18)8-6-10/h5-8,13,18H,2-4H2,1H3,(H,19,20). The van der Waals surface area contributed by atoms with Crippen molar-refractivity contribution in [3.8, 4) is 11.4 Å². The van der Waals surface area contributed by atoms with Gasteiger partial charge in [-0.15, -0.1) is 0 Å². The van der Waals surface area contributed by atoms with Gasteiger partial charge in [0, 0.05) is 0 Å². The highest BCUT2D eigenvalue weighted by Crippen LogP contribution is 2.35. The van der Waals surface area contributed by atoms with E-state index in [0.29, 0.717) is 6.42 Å². The number of hydrogen-bond acceptors (Lipinski definition) is 3. The number of nitrogens with zero attached hydrogens (tertiary/aromatic N) is 2. The van der Waals surface area contributed by atoms with Crippen molar-refractivity contribution in [3.05, 3.63) is 41.2 Å². The molecule has 5 heteroatoms. The van der Waals surface area contributed by atoms with Gasteiger partial charge in [0.1, 0.15) is 5.75 Å². The Hall–Kier alpha value is -2.30. The number of rotatable bonds is 2. The maximum absolute atomic E-state index is 11.5. The average molecular weight is 272 g/mol. The van der Waals surface area contributed by atoms with Crippen LogP contribution in [-0.4, -0.2) is 26.0 Å². The van der Waals surface area contributed by atoms with E-state index in [4.69, 9.17) is 0 Å². The number of carboxylic acids is 1. The van der Waals surface area contributed by atoms with Crippen molar-refractivity contribution in [2.24, 2.45) is 0 Å². The van der Waals surface area contributed by atoms with Crippen molar-refractivity contribution in [2.75, 3.05) is 0 Å². The van der Waals surface area contributed by atoms with Gasteiger partial charge in [0.15, 0.2) is 0 Å². The highest BCUT2D eigenvalue weighted by atomic mass is 16.4. The predicted octanol–water partition coefficient (Wildman–Crippen LogP) is 2.39. The minimum Gasteiger partial charge on any atom is -0.508 e. The number of carboxylic acid groups (broad SMARTS) is 1. The second kappa shape index (κ2) is 4.67. The van der Waals surface area contributed by atoms with Crippen molar-refractivity contribution >= 4 is 5.97 Å². The van der Waals surface area contributed by atoms with Crippen LogP contribution >= 0.6 is 0 Å². The van der Waals surface area contributed by atoms with Crippen LogP contribution in [0, 0.1) is 6.92 Å². The van der Waals surface area contributed by atoms with Crippen molar-refractivity contribution in [3.63, 3.8) is 0 Å². The van der Waals surface area contributed by atoms with Crippen LogP contribution in [0.4, 0.5) is 0 Å². The van der Waals surface area contributed by atoms with E-state index in [1.54, 1.807) is 28.9 Å². The Kier molecular flexibility index (Phi) is 2.97. The van der Waals surface area contributed by atoms with Gasteiger partial charge >= 0.3 is 5.97 Å². The summed E-state index contributed by atoms with van der Waals surface area (Å²) in [5.74, 6) is -1.12. The number of carbonyl (C=O) groups is 1. The second-order valence-corrected chi connectivity index (χ2v) is 5.16. The molecule has 1 aromatic heterocycles. The van der Waals surface area contributed by atoms with Crippen LogP contribution in [0.5, 0.6) is 5.75 Å². The zero-order valence-corrected chi connectivity index (χ0v) is 11.2. The molecule has 1 atom stereocenters. The Bertz CT molecular complexity index is 659. The van der Waals surface area contributed by atoms with E-state index in [0.717, 1.165) is 35.5 Å². The molecule has 0 saturated heterocycles. The van der Waals surface area contributed by atoms with Gasteiger partial charge in [-0.2, -0.15) is 5.10 Å². The Labute approximate surface area is 116 Å². The molecule has 20 heavy (non-hydrogen) atoms. The first-order chi connectivity index (χ1) is 9.58. The fraction of sp³-hybridized carbons (Fsp3) is 0.333. The van der Waals surface area contributed by atoms with Gasteiger partial charge in [-0.25, -0.2) is 4.68 Å². The minimum atomic E-state index is -0.800. The fourth-order valence-electron chi connectivity index (χ4n) is 2.90. The molecule has 1 aromatic carbocycles. The summed E-state index contributed by atoms with van der Waals surface area (Å²) in [7, 11) is 0. The van der Waals surface area contributed by atoms with Crippen LogP contribution in [0.3, 0.4) is 0 Å². The summed E-state index contributed by atoms with van der Waals surface area (Å²) >= 11 is 0. The molecule has 2 N–H and O–H groups in total. The number of fused-ring (bicyclic) bond motifs is 1. The normalized spacial score (nSPS) is 17.8. The van der Waals surface area contributed by atoms with Gasteiger partial charge in [0.2, 0.25) is 0 Å². The molecule has 1 heterocycles. The lowest BCUT2D eigenvalue weighted by Crippen LogP contribution is -2.21. The first kappa shape index (κ1) is 12.7. The number of hydrogen-bond donors (Lipinski definition) is 2. The highest BCUT2D eigenvalue weighted by Gasteiger charge is 2.32. The molecule has 0 saturated carbocycles. The van der Waals surface area contributed by atoms with E-state index in [2.05, 4.69) is 5.10 Å². The molecule has 0 bridgehead atoms. The molecule has 5 nitrogen and oxygen atoms in total. The highest BCUT2D eigenvalue weighted by molar-refractivity contribution is 5.77. The molecule has 0 aliphatic heterocycles. The quantitative estimate of drug-likeness (QED) is 0.880. The summed E-state index contributed by atoms with van der Waals surface area (Å²) in [6, 6.07) is 6.65.